The lowest BCUT2D eigenvalue weighted by Crippen LogP contribution is -1.96. The quantitative estimate of drug-likeness (QED) is 0.179. The summed E-state index contributed by atoms with van der Waals surface area (Å²) in [5.74, 6) is 0. The van der Waals surface area contributed by atoms with Crippen molar-refractivity contribution in [2.75, 3.05) is 0 Å². The van der Waals surface area contributed by atoms with Gasteiger partial charge in [0.25, 0.3) is 0 Å². The van der Waals surface area contributed by atoms with Gasteiger partial charge in [0.05, 0.1) is 22.4 Å². The zero-order chi connectivity index (χ0) is 27.1. The molecule has 0 radical (unpaired) electrons. The third kappa shape index (κ3) is 4.43. The predicted molar refractivity (Wildman–Crippen MR) is 174 cm³/mol. The fourth-order valence-corrected chi connectivity index (χ4v) is 6.29. The van der Waals surface area contributed by atoms with E-state index in [2.05, 4.69) is 141 Å². The van der Waals surface area contributed by atoms with Gasteiger partial charge in [-0.2, -0.15) is 0 Å². The van der Waals surface area contributed by atoms with Crippen molar-refractivity contribution < 1.29 is 0 Å². The second kappa shape index (κ2) is 10.5. The lowest BCUT2D eigenvalue weighted by atomic mass is 9.94. The van der Waals surface area contributed by atoms with E-state index in [0.29, 0.717) is 0 Å². The summed E-state index contributed by atoms with van der Waals surface area (Å²) >= 11 is 7.60. The van der Waals surface area contributed by atoms with Crippen LogP contribution in [-0.4, -0.2) is 9.97 Å². The standard InChI is InChI=1S/C36H22Br2N2/c37-31-17-9-7-15-25(31)29-21-33(23-11-3-1-4-12-23)39-35-27(29)19-20-28-30(26-16-8-10-18-32(26)38)22-34(40-36(28)35)24-13-5-2-6-14-24/h1-22H. The van der Waals surface area contributed by atoms with Crippen LogP contribution in [0.3, 0.4) is 0 Å². The van der Waals surface area contributed by atoms with Crippen LogP contribution in [0.2, 0.25) is 0 Å². The first-order valence-electron chi connectivity index (χ1n) is 13.1. The van der Waals surface area contributed by atoms with E-state index in [4.69, 9.17) is 9.97 Å². The number of halogens is 2. The molecule has 0 saturated heterocycles. The van der Waals surface area contributed by atoms with Crippen LogP contribution in [-0.2, 0) is 0 Å². The van der Waals surface area contributed by atoms with Crippen molar-refractivity contribution in [3.63, 3.8) is 0 Å². The van der Waals surface area contributed by atoms with Crippen molar-refractivity contribution in [1.29, 1.82) is 0 Å². The van der Waals surface area contributed by atoms with Gasteiger partial charge in [-0.3, -0.25) is 0 Å². The smallest absolute Gasteiger partial charge is 0.0978 e. The number of rotatable bonds is 4. The molecule has 0 atom stereocenters. The fraction of sp³-hybridized carbons (Fsp3) is 0. The molecule has 2 heterocycles. The Balaban J connectivity index is 1.64. The molecule has 0 N–H and O–H groups in total. The Morgan fingerprint density at radius 1 is 0.375 bits per heavy atom. The number of benzene rings is 5. The molecule has 0 aliphatic carbocycles. The summed E-state index contributed by atoms with van der Waals surface area (Å²) in [5.41, 5.74) is 10.2. The van der Waals surface area contributed by atoms with Gasteiger partial charge in [-0.15, -0.1) is 0 Å². The molecule has 0 saturated carbocycles. The Bertz CT molecular complexity index is 1870. The average molecular weight is 642 g/mol. The summed E-state index contributed by atoms with van der Waals surface area (Å²) in [6.45, 7) is 0. The lowest BCUT2D eigenvalue weighted by Gasteiger charge is -2.16. The highest BCUT2D eigenvalue weighted by Crippen LogP contribution is 2.41. The molecular formula is C36H22Br2N2. The number of aromatic nitrogens is 2. The minimum Gasteiger partial charge on any atom is -0.245 e. The van der Waals surface area contributed by atoms with Gasteiger partial charge in [0, 0.05) is 30.8 Å². The maximum atomic E-state index is 5.29. The molecule has 7 rings (SSSR count). The van der Waals surface area contributed by atoms with Gasteiger partial charge in [-0.25, -0.2) is 9.97 Å². The van der Waals surface area contributed by atoms with E-state index in [9.17, 15) is 0 Å². The van der Waals surface area contributed by atoms with E-state index in [0.717, 1.165) is 75.5 Å². The lowest BCUT2D eigenvalue weighted by molar-refractivity contribution is 1.36. The van der Waals surface area contributed by atoms with Crippen molar-refractivity contribution in [2.45, 2.75) is 0 Å². The predicted octanol–water partition coefficient (Wildman–Crippen LogP) is 11.0. The monoisotopic (exact) mass is 640 g/mol. The molecule has 0 bridgehead atoms. The van der Waals surface area contributed by atoms with E-state index < -0.39 is 0 Å². The molecule has 0 unspecified atom stereocenters. The van der Waals surface area contributed by atoms with Crippen molar-refractivity contribution in [3.8, 4) is 44.8 Å². The van der Waals surface area contributed by atoms with Crippen molar-refractivity contribution >= 4 is 53.7 Å². The third-order valence-corrected chi connectivity index (χ3v) is 8.61. The molecule has 0 aliphatic rings. The fourth-order valence-electron chi connectivity index (χ4n) is 5.29. The summed E-state index contributed by atoms with van der Waals surface area (Å²) in [7, 11) is 0. The van der Waals surface area contributed by atoms with Crippen LogP contribution in [0.1, 0.15) is 0 Å². The minimum absolute atomic E-state index is 0.885. The van der Waals surface area contributed by atoms with Crippen LogP contribution in [0.25, 0.3) is 66.6 Å². The third-order valence-electron chi connectivity index (χ3n) is 7.23. The Morgan fingerprint density at radius 3 is 1.15 bits per heavy atom. The molecule has 190 valence electrons. The summed E-state index contributed by atoms with van der Waals surface area (Å²) < 4.78 is 2.09. The normalized spacial score (nSPS) is 11.2. The summed E-state index contributed by atoms with van der Waals surface area (Å²) in [6.07, 6.45) is 0. The van der Waals surface area contributed by atoms with Gasteiger partial charge < -0.3 is 0 Å². The van der Waals surface area contributed by atoms with Gasteiger partial charge in [0.2, 0.25) is 0 Å². The number of nitrogens with zero attached hydrogens (tertiary/aromatic N) is 2. The second-order valence-corrected chi connectivity index (χ2v) is 11.4. The van der Waals surface area contributed by atoms with Crippen molar-refractivity contribution in [2.24, 2.45) is 0 Å². The maximum Gasteiger partial charge on any atom is 0.0978 e. The van der Waals surface area contributed by atoms with Crippen LogP contribution in [0.5, 0.6) is 0 Å². The maximum absolute atomic E-state index is 5.29. The van der Waals surface area contributed by atoms with Gasteiger partial charge in [0.1, 0.15) is 0 Å². The summed E-state index contributed by atoms with van der Waals surface area (Å²) in [4.78, 5) is 10.6. The van der Waals surface area contributed by atoms with Gasteiger partial charge in [-0.05, 0) is 46.5 Å². The average Bonchev–Trinajstić information content (AvgIpc) is 3.01. The van der Waals surface area contributed by atoms with Gasteiger partial charge >= 0.3 is 0 Å². The number of hydrogen-bond acceptors (Lipinski definition) is 2. The minimum atomic E-state index is 0.885. The Hall–Kier alpha value is -4.12. The molecule has 2 nitrogen and oxygen atoms in total. The Morgan fingerprint density at radius 2 is 0.750 bits per heavy atom. The molecule has 7 aromatic rings. The molecule has 0 spiro atoms. The Labute approximate surface area is 249 Å². The molecule has 0 fully saturated rings. The first kappa shape index (κ1) is 24.9. The molecule has 5 aromatic carbocycles. The molecule has 0 aliphatic heterocycles. The largest absolute Gasteiger partial charge is 0.245 e. The van der Waals surface area contributed by atoms with E-state index in [1.54, 1.807) is 0 Å². The summed E-state index contributed by atoms with van der Waals surface area (Å²) in [5, 5.41) is 2.13. The van der Waals surface area contributed by atoms with Crippen LogP contribution in [0.15, 0.2) is 142 Å². The Kier molecular flexibility index (Phi) is 6.51. The van der Waals surface area contributed by atoms with E-state index >= 15 is 0 Å². The highest BCUT2D eigenvalue weighted by molar-refractivity contribution is 9.11. The molecule has 4 heteroatoms. The number of fused-ring (bicyclic) bond motifs is 3. The highest BCUT2D eigenvalue weighted by Gasteiger charge is 2.18. The number of hydrogen-bond donors (Lipinski definition) is 0. The van der Waals surface area contributed by atoms with Crippen LogP contribution < -0.4 is 0 Å². The zero-order valence-electron chi connectivity index (χ0n) is 21.4. The number of pyridine rings is 2. The highest BCUT2D eigenvalue weighted by atomic mass is 79.9. The molecule has 40 heavy (non-hydrogen) atoms. The molecular weight excluding hydrogens is 620 g/mol. The first-order valence-corrected chi connectivity index (χ1v) is 14.6. The van der Waals surface area contributed by atoms with Crippen LogP contribution in [0.4, 0.5) is 0 Å². The van der Waals surface area contributed by atoms with Crippen molar-refractivity contribution in [3.05, 3.63) is 142 Å². The summed E-state index contributed by atoms with van der Waals surface area (Å²) in [6, 6.07) is 46.2. The zero-order valence-corrected chi connectivity index (χ0v) is 24.5. The topological polar surface area (TPSA) is 25.8 Å². The molecule has 0 amide bonds. The van der Waals surface area contributed by atoms with Crippen LogP contribution in [0, 0.1) is 0 Å². The van der Waals surface area contributed by atoms with Gasteiger partial charge in [-0.1, -0.05) is 141 Å². The molecule has 2 aromatic heterocycles. The van der Waals surface area contributed by atoms with E-state index in [1.165, 1.54) is 0 Å². The van der Waals surface area contributed by atoms with Crippen molar-refractivity contribution in [1.82, 2.24) is 9.97 Å². The second-order valence-electron chi connectivity index (χ2n) is 9.66. The SMILES string of the molecule is Brc1ccccc1-c1cc(-c2ccccc2)nc2c1ccc1c(-c3ccccc3Br)cc(-c3ccccc3)nc12. The van der Waals surface area contributed by atoms with Gasteiger partial charge in [0.15, 0.2) is 0 Å². The first-order chi connectivity index (χ1) is 19.7. The van der Waals surface area contributed by atoms with Crippen LogP contribution >= 0.6 is 31.9 Å². The van der Waals surface area contributed by atoms with E-state index in [1.807, 2.05) is 24.3 Å². The van der Waals surface area contributed by atoms with E-state index in [-0.39, 0.29) is 0 Å².